The van der Waals surface area contributed by atoms with E-state index in [9.17, 15) is 4.39 Å². The highest BCUT2D eigenvalue weighted by molar-refractivity contribution is 5.79. The van der Waals surface area contributed by atoms with E-state index in [2.05, 4.69) is 24.2 Å². The summed E-state index contributed by atoms with van der Waals surface area (Å²) < 4.78 is 19.7. The summed E-state index contributed by atoms with van der Waals surface area (Å²) in [6, 6.07) is 12.5. The molecule has 0 saturated carbocycles. The van der Waals surface area contributed by atoms with Crippen molar-refractivity contribution in [2.45, 2.75) is 25.0 Å². The molecule has 0 bridgehead atoms. The summed E-state index contributed by atoms with van der Waals surface area (Å²) >= 11 is 0. The van der Waals surface area contributed by atoms with Crippen molar-refractivity contribution in [3.8, 4) is 0 Å². The quantitative estimate of drug-likeness (QED) is 0.494. The topological polar surface area (TPSA) is 45.1 Å². The van der Waals surface area contributed by atoms with Gasteiger partial charge in [0.2, 0.25) is 0 Å². The number of benzene rings is 2. The molecule has 0 saturated heterocycles. The second kappa shape index (κ2) is 7.33. The Balaban J connectivity index is 2.00. The zero-order valence-electron chi connectivity index (χ0n) is 14.6. The summed E-state index contributed by atoms with van der Waals surface area (Å²) in [6.45, 7) is 1.44. The monoisotopic (exact) mass is 342 g/mol. The Morgan fingerprint density at radius 3 is 2.68 bits per heavy atom. The zero-order chi connectivity index (χ0) is 17.9. The van der Waals surface area contributed by atoms with Gasteiger partial charge in [-0.2, -0.15) is 0 Å². The molecule has 1 N–H and O–H groups in total. The lowest BCUT2D eigenvalue weighted by Gasteiger charge is -2.31. The number of ether oxygens (including phenoxy) is 1. The van der Waals surface area contributed by atoms with E-state index in [0.717, 1.165) is 41.6 Å². The third-order valence-corrected chi connectivity index (χ3v) is 4.69. The number of halogens is 1. The first-order valence-corrected chi connectivity index (χ1v) is 8.41. The van der Waals surface area contributed by atoms with Crippen molar-refractivity contribution in [2.24, 2.45) is 5.16 Å². The van der Waals surface area contributed by atoms with E-state index in [1.165, 1.54) is 18.3 Å². The molecular weight excluding hydrogens is 319 g/mol. The minimum Gasteiger partial charge on any atom is -0.411 e. The summed E-state index contributed by atoms with van der Waals surface area (Å²) in [6.07, 6.45) is 3.19. The second-order valence-electron chi connectivity index (χ2n) is 6.69. The third-order valence-electron chi connectivity index (χ3n) is 4.69. The van der Waals surface area contributed by atoms with E-state index < -0.39 is 5.60 Å². The predicted molar refractivity (Wildman–Crippen MR) is 95.6 cm³/mol. The van der Waals surface area contributed by atoms with Crippen molar-refractivity contribution < 1.29 is 14.3 Å². The van der Waals surface area contributed by atoms with Crippen LogP contribution < -0.4 is 0 Å². The van der Waals surface area contributed by atoms with Crippen molar-refractivity contribution in [1.29, 1.82) is 0 Å². The fraction of sp³-hybridized carbons (Fsp3) is 0.350. The molecule has 3 rings (SSSR count). The SMILES string of the molecule is CN(C)CCCC1(c2ccc(F)cc2)OCc2cc(/C=N\O)ccc21. The van der Waals surface area contributed by atoms with E-state index in [-0.39, 0.29) is 5.82 Å². The van der Waals surface area contributed by atoms with Crippen LogP contribution >= 0.6 is 0 Å². The van der Waals surface area contributed by atoms with E-state index in [4.69, 9.17) is 9.94 Å². The van der Waals surface area contributed by atoms with Crippen molar-refractivity contribution in [3.63, 3.8) is 0 Å². The lowest BCUT2D eigenvalue weighted by Crippen LogP contribution is -2.28. The Morgan fingerprint density at radius 2 is 2.00 bits per heavy atom. The van der Waals surface area contributed by atoms with Gasteiger partial charge < -0.3 is 14.8 Å². The first kappa shape index (κ1) is 17.6. The van der Waals surface area contributed by atoms with Crippen LogP contribution in [0.3, 0.4) is 0 Å². The molecule has 1 atom stereocenters. The van der Waals surface area contributed by atoms with Crippen LogP contribution in [-0.2, 0) is 16.9 Å². The van der Waals surface area contributed by atoms with E-state index in [1.54, 1.807) is 0 Å². The van der Waals surface area contributed by atoms with Crippen LogP contribution in [0.5, 0.6) is 0 Å². The van der Waals surface area contributed by atoms with Crippen molar-refractivity contribution in [1.82, 2.24) is 4.90 Å². The molecule has 0 amide bonds. The zero-order valence-corrected chi connectivity index (χ0v) is 14.6. The van der Waals surface area contributed by atoms with Crippen LogP contribution in [0.2, 0.25) is 0 Å². The molecule has 1 aliphatic rings. The highest BCUT2D eigenvalue weighted by Crippen LogP contribution is 2.45. The van der Waals surface area contributed by atoms with Crippen LogP contribution in [-0.4, -0.2) is 37.0 Å². The summed E-state index contributed by atoms with van der Waals surface area (Å²) in [7, 11) is 4.10. The molecule has 132 valence electrons. The number of fused-ring (bicyclic) bond motifs is 1. The minimum absolute atomic E-state index is 0.250. The first-order valence-electron chi connectivity index (χ1n) is 8.41. The molecule has 0 radical (unpaired) electrons. The Kier molecular flexibility index (Phi) is 5.16. The van der Waals surface area contributed by atoms with E-state index in [0.29, 0.717) is 6.61 Å². The Labute approximate surface area is 147 Å². The molecule has 1 aliphatic heterocycles. The van der Waals surface area contributed by atoms with Crippen molar-refractivity contribution in [2.75, 3.05) is 20.6 Å². The van der Waals surface area contributed by atoms with Gasteiger partial charge in [-0.05, 0) is 73.9 Å². The summed E-state index contributed by atoms with van der Waals surface area (Å²) in [5.74, 6) is -0.250. The highest BCUT2D eigenvalue weighted by atomic mass is 19.1. The van der Waals surface area contributed by atoms with Gasteiger partial charge >= 0.3 is 0 Å². The molecule has 0 spiro atoms. The molecule has 25 heavy (non-hydrogen) atoms. The number of rotatable bonds is 6. The normalized spacial score (nSPS) is 19.7. The average molecular weight is 342 g/mol. The van der Waals surface area contributed by atoms with Crippen LogP contribution in [0, 0.1) is 5.82 Å². The standard InChI is InChI=1S/C20H23FN2O2/c1-23(2)11-3-10-20(17-5-7-18(21)8-6-17)19-9-4-15(13-22-24)12-16(19)14-25-20/h4-9,12-13,24H,3,10-11,14H2,1-2H3/b22-13-. The summed E-state index contributed by atoms with van der Waals surface area (Å²) in [4.78, 5) is 2.15. The molecule has 1 heterocycles. The average Bonchev–Trinajstić information content (AvgIpc) is 2.95. The fourth-order valence-corrected chi connectivity index (χ4v) is 3.51. The molecule has 4 nitrogen and oxygen atoms in total. The van der Waals surface area contributed by atoms with Gasteiger partial charge in [0, 0.05) is 0 Å². The number of hydrogen-bond donors (Lipinski definition) is 1. The number of hydrogen-bond acceptors (Lipinski definition) is 4. The molecule has 0 aliphatic carbocycles. The molecule has 2 aromatic carbocycles. The van der Waals surface area contributed by atoms with Gasteiger partial charge in [-0.1, -0.05) is 29.4 Å². The van der Waals surface area contributed by atoms with Gasteiger partial charge in [-0.15, -0.1) is 0 Å². The van der Waals surface area contributed by atoms with Crippen LogP contribution in [0.25, 0.3) is 0 Å². The predicted octanol–water partition coefficient (Wildman–Crippen LogP) is 3.75. The maximum Gasteiger partial charge on any atom is 0.123 e. The van der Waals surface area contributed by atoms with E-state index >= 15 is 0 Å². The van der Waals surface area contributed by atoms with Gasteiger partial charge in [0.25, 0.3) is 0 Å². The minimum atomic E-state index is -0.562. The Hall–Kier alpha value is -2.24. The smallest absolute Gasteiger partial charge is 0.123 e. The first-order chi connectivity index (χ1) is 12.0. The van der Waals surface area contributed by atoms with Gasteiger partial charge in [0.1, 0.15) is 11.4 Å². The van der Waals surface area contributed by atoms with Gasteiger partial charge in [-0.3, -0.25) is 0 Å². The molecular formula is C20H23FN2O2. The van der Waals surface area contributed by atoms with Crippen LogP contribution in [0.1, 0.15) is 35.1 Å². The number of nitrogens with zero attached hydrogens (tertiary/aromatic N) is 2. The molecule has 5 heteroatoms. The highest BCUT2D eigenvalue weighted by Gasteiger charge is 2.41. The maximum absolute atomic E-state index is 13.4. The lowest BCUT2D eigenvalue weighted by molar-refractivity contribution is -0.0140. The Morgan fingerprint density at radius 1 is 1.24 bits per heavy atom. The molecule has 1 unspecified atom stereocenters. The molecule has 0 fully saturated rings. The van der Waals surface area contributed by atoms with Gasteiger partial charge in [0.05, 0.1) is 12.8 Å². The van der Waals surface area contributed by atoms with Gasteiger partial charge in [-0.25, -0.2) is 4.39 Å². The van der Waals surface area contributed by atoms with Gasteiger partial charge in [0.15, 0.2) is 0 Å². The number of oxime groups is 1. The van der Waals surface area contributed by atoms with Crippen LogP contribution in [0.4, 0.5) is 4.39 Å². The third kappa shape index (κ3) is 3.57. The summed E-state index contributed by atoms with van der Waals surface area (Å²) in [5.41, 5.74) is 3.41. The second-order valence-corrected chi connectivity index (χ2v) is 6.69. The van der Waals surface area contributed by atoms with Crippen molar-refractivity contribution in [3.05, 3.63) is 70.5 Å². The van der Waals surface area contributed by atoms with E-state index in [1.807, 2.05) is 30.3 Å². The van der Waals surface area contributed by atoms with Crippen LogP contribution in [0.15, 0.2) is 47.6 Å². The maximum atomic E-state index is 13.4. The molecule has 2 aromatic rings. The Bertz CT molecular complexity index is 759. The summed E-state index contributed by atoms with van der Waals surface area (Å²) in [5, 5.41) is 11.8. The molecule has 0 aromatic heterocycles. The van der Waals surface area contributed by atoms with Crippen molar-refractivity contribution >= 4 is 6.21 Å². The fourth-order valence-electron chi connectivity index (χ4n) is 3.51. The lowest BCUT2D eigenvalue weighted by atomic mass is 9.81. The largest absolute Gasteiger partial charge is 0.411 e.